The summed E-state index contributed by atoms with van der Waals surface area (Å²) in [6, 6.07) is 2.10. The van der Waals surface area contributed by atoms with Crippen molar-refractivity contribution >= 4 is 5.96 Å². The van der Waals surface area contributed by atoms with E-state index in [1.165, 1.54) is 5.69 Å². The summed E-state index contributed by atoms with van der Waals surface area (Å²) < 4.78 is 3.91. The van der Waals surface area contributed by atoms with Gasteiger partial charge < -0.3 is 15.2 Å². The number of hydrogen-bond donors (Lipinski definition) is 2. The van der Waals surface area contributed by atoms with Gasteiger partial charge in [0.15, 0.2) is 11.8 Å². The van der Waals surface area contributed by atoms with E-state index in [2.05, 4.69) is 50.8 Å². The van der Waals surface area contributed by atoms with Crippen molar-refractivity contribution in [3.8, 4) is 0 Å². The molecular formula is C15H26N8. The van der Waals surface area contributed by atoms with Crippen LogP contribution in [0.3, 0.4) is 0 Å². The van der Waals surface area contributed by atoms with E-state index in [-0.39, 0.29) is 0 Å². The summed E-state index contributed by atoms with van der Waals surface area (Å²) in [6.45, 7) is 9.21. The summed E-state index contributed by atoms with van der Waals surface area (Å²) in [5, 5.41) is 18.9. The second kappa shape index (κ2) is 8.30. The van der Waals surface area contributed by atoms with Gasteiger partial charge in [0.1, 0.15) is 12.9 Å². The number of aryl methyl sites for hydroxylation is 4. The third kappa shape index (κ3) is 5.08. The molecule has 0 fully saturated rings. The number of guanidine groups is 1. The number of aliphatic imine (C=N–C) groups is 1. The number of rotatable bonds is 7. The minimum absolute atomic E-state index is 0.503. The monoisotopic (exact) mass is 318 g/mol. The minimum atomic E-state index is 0.503. The molecule has 0 saturated carbocycles. The molecule has 0 spiro atoms. The molecule has 0 amide bonds. The highest BCUT2D eigenvalue weighted by Crippen LogP contribution is 2.02. The van der Waals surface area contributed by atoms with Crippen LogP contribution in [-0.2, 0) is 20.1 Å². The summed E-state index contributed by atoms with van der Waals surface area (Å²) in [6.07, 6.45) is 2.66. The first-order valence-electron chi connectivity index (χ1n) is 7.96. The van der Waals surface area contributed by atoms with Crippen LogP contribution in [0.1, 0.15) is 30.6 Å². The lowest BCUT2D eigenvalue weighted by Gasteiger charge is -2.11. The zero-order valence-corrected chi connectivity index (χ0v) is 14.4. The molecule has 2 aromatic heterocycles. The van der Waals surface area contributed by atoms with Crippen LogP contribution in [0, 0.1) is 13.8 Å². The lowest BCUT2D eigenvalue weighted by Crippen LogP contribution is -2.38. The summed E-state index contributed by atoms with van der Waals surface area (Å²) in [4.78, 5) is 4.53. The van der Waals surface area contributed by atoms with Crippen molar-refractivity contribution < 1.29 is 0 Å². The Balaban J connectivity index is 1.80. The molecule has 0 aromatic carbocycles. The molecule has 2 N–H and O–H groups in total. The van der Waals surface area contributed by atoms with E-state index in [0.717, 1.165) is 43.5 Å². The van der Waals surface area contributed by atoms with Crippen molar-refractivity contribution in [2.24, 2.45) is 12.0 Å². The zero-order chi connectivity index (χ0) is 16.7. The average molecular weight is 318 g/mol. The molecule has 8 nitrogen and oxygen atoms in total. The topological polar surface area (TPSA) is 85.0 Å². The van der Waals surface area contributed by atoms with E-state index in [4.69, 9.17) is 0 Å². The molecule has 0 aliphatic carbocycles. The molecular weight excluding hydrogens is 292 g/mol. The maximum absolute atomic E-state index is 4.53. The van der Waals surface area contributed by atoms with Crippen LogP contribution in [0.25, 0.3) is 0 Å². The van der Waals surface area contributed by atoms with Gasteiger partial charge in [-0.25, -0.2) is 4.99 Å². The molecule has 126 valence electrons. The predicted molar refractivity (Wildman–Crippen MR) is 90.1 cm³/mol. The number of nitrogens with zero attached hydrogens (tertiary/aromatic N) is 6. The molecule has 2 heterocycles. The SMILES string of the molecule is CCNC(=NCc1nncn1C)NCCCn1nc(C)cc1C. The highest BCUT2D eigenvalue weighted by atomic mass is 15.3. The second-order valence-electron chi connectivity index (χ2n) is 5.48. The van der Waals surface area contributed by atoms with E-state index in [0.29, 0.717) is 6.54 Å². The van der Waals surface area contributed by atoms with Gasteiger partial charge in [-0.2, -0.15) is 5.10 Å². The van der Waals surface area contributed by atoms with Crippen molar-refractivity contribution in [1.82, 2.24) is 35.2 Å². The van der Waals surface area contributed by atoms with Crippen LogP contribution in [-0.4, -0.2) is 43.6 Å². The largest absolute Gasteiger partial charge is 0.357 e. The molecule has 0 radical (unpaired) electrons. The van der Waals surface area contributed by atoms with Gasteiger partial charge in [-0.3, -0.25) is 4.68 Å². The zero-order valence-electron chi connectivity index (χ0n) is 14.4. The fraction of sp³-hybridized carbons (Fsp3) is 0.600. The molecule has 0 unspecified atom stereocenters. The van der Waals surface area contributed by atoms with E-state index in [9.17, 15) is 0 Å². The van der Waals surface area contributed by atoms with Gasteiger partial charge in [-0.15, -0.1) is 10.2 Å². The van der Waals surface area contributed by atoms with Crippen molar-refractivity contribution in [2.45, 2.75) is 40.3 Å². The molecule has 8 heteroatoms. The Morgan fingerprint density at radius 2 is 2.13 bits per heavy atom. The van der Waals surface area contributed by atoms with Crippen molar-refractivity contribution in [1.29, 1.82) is 0 Å². The van der Waals surface area contributed by atoms with Gasteiger partial charge in [0.05, 0.1) is 5.69 Å². The second-order valence-corrected chi connectivity index (χ2v) is 5.48. The van der Waals surface area contributed by atoms with Gasteiger partial charge in [-0.1, -0.05) is 0 Å². The maximum Gasteiger partial charge on any atom is 0.191 e. The van der Waals surface area contributed by atoms with Crippen LogP contribution in [0.5, 0.6) is 0 Å². The molecule has 0 bridgehead atoms. The van der Waals surface area contributed by atoms with Crippen molar-refractivity contribution in [2.75, 3.05) is 13.1 Å². The Bertz CT molecular complexity index is 640. The fourth-order valence-corrected chi connectivity index (χ4v) is 2.28. The standard InChI is InChI=1S/C15H26N8/c1-5-16-15(18-10-14-20-19-11-22(14)4)17-7-6-8-23-13(3)9-12(2)21-23/h9,11H,5-8,10H2,1-4H3,(H2,16,17,18). The quantitative estimate of drug-likeness (QED) is 0.447. The Morgan fingerprint density at radius 3 is 2.74 bits per heavy atom. The molecule has 2 aromatic rings. The van der Waals surface area contributed by atoms with Gasteiger partial charge in [0.2, 0.25) is 0 Å². The smallest absolute Gasteiger partial charge is 0.191 e. The summed E-state index contributed by atoms with van der Waals surface area (Å²) in [5.41, 5.74) is 2.26. The average Bonchev–Trinajstić information content (AvgIpc) is 3.06. The van der Waals surface area contributed by atoms with Crippen LogP contribution in [0.2, 0.25) is 0 Å². The van der Waals surface area contributed by atoms with Crippen LogP contribution < -0.4 is 10.6 Å². The predicted octanol–water partition coefficient (Wildman–Crippen LogP) is 0.774. The van der Waals surface area contributed by atoms with Gasteiger partial charge in [0, 0.05) is 32.4 Å². The molecule has 23 heavy (non-hydrogen) atoms. The van der Waals surface area contributed by atoms with E-state index in [1.807, 2.05) is 23.2 Å². The lowest BCUT2D eigenvalue weighted by molar-refractivity contribution is 0.555. The third-order valence-corrected chi connectivity index (χ3v) is 3.47. The van der Waals surface area contributed by atoms with Crippen LogP contribution >= 0.6 is 0 Å². The third-order valence-electron chi connectivity index (χ3n) is 3.47. The van der Waals surface area contributed by atoms with E-state index >= 15 is 0 Å². The Morgan fingerprint density at radius 1 is 1.30 bits per heavy atom. The number of aromatic nitrogens is 5. The first-order chi connectivity index (χ1) is 11.1. The maximum atomic E-state index is 4.53. The number of nitrogens with one attached hydrogen (secondary N) is 2. The Kier molecular flexibility index (Phi) is 6.13. The fourth-order valence-electron chi connectivity index (χ4n) is 2.28. The number of hydrogen-bond acceptors (Lipinski definition) is 4. The Labute approximate surface area is 137 Å². The van der Waals surface area contributed by atoms with Crippen molar-refractivity contribution in [3.63, 3.8) is 0 Å². The van der Waals surface area contributed by atoms with E-state index in [1.54, 1.807) is 6.33 Å². The molecule has 0 atom stereocenters. The highest BCUT2D eigenvalue weighted by Gasteiger charge is 2.03. The van der Waals surface area contributed by atoms with Crippen LogP contribution in [0.15, 0.2) is 17.4 Å². The van der Waals surface area contributed by atoms with Crippen LogP contribution in [0.4, 0.5) is 0 Å². The summed E-state index contributed by atoms with van der Waals surface area (Å²) in [5.74, 6) is 1.63. The normalized spacial score (nSPS) is 11.7. The summed E-state index contributed by atoms with van der Waals surface area (Å²) in [7, 11) is 1.92. The first-order valence-corrected chi connectivity index (χ1v) is 7.96. The molecule has 0 aliphatic heterocycles. The van der Waals surface area contributed by atoms with Gasteiger partial charge in [0.25, 0.3) is 0 Å². The molecule has 0 saturated heterocycles. The minimum Gasteiger partial charge on any atom is -0.357 e. The van der Waals surface area contributed by atoms with Gasteiger partial charge >= 0.3 is 0 Å². The molecule has 0 aliphatic rings. The van der Waals surface area contributed by atoms with Crippen molar-refractivity contribution in [3.05, 3.63) is 29.6 Å². The first kappa shape index (κ1) is 17.0. The summed E-state index contributed by atoms with van der Waals surface area (Å²) >= 11 is 0. The van der Waals surface area contributed by atoms with Gasteiger partial charge in [-0.05, 0) is 33.3 Å². The highest BCUT2D eigenvalue weighted by molar-refractivity contribution is 5.79. The van der Waals surface area contributed by atoms with E-state index < -0.39 is 0 Å². The molecule has 2 rings (SSSR count). The lowest BCUT2D eigenvalue weighted by atomic mass is 10.4. The Hall–Kier alpha value is -2.38.